The van der Waals surface area contributed by atoms with E-state index >= 15 is 0 Å². The Bertz CT molecular complexity index is 825. The van der Waals surface area contributed by atoms with Crippen molar-refractivity contribution in [1.29, 1.82) is 0 Å². The molecule has 2 heterocycles. The van der Waals surface area contributed by atoms with Gasteiger partial charge in [0, 0.05) is 93.2 Å². The molecule has 2 aliphatic heterocycles. The number of hydrogen-bond donors (Lipinski definition) is 1. The lowest BCUT2D eigenvalue weighted by atomic mass is 9.98. The van der Waals surface area contributed by atoms with Crippen LogP contribution in [-0.4, -0.2) is 87.0 Å². The lowest BCUT2D eigenvalue weighted by Crippen LogP contribution is -2.52. The molecule has 0 amide bonds. The van der Waals surface area contributed by atoms with Crippen LogP contribution in [0.5, 0.6) is 5.75 Å². The van der Waals surface area contributed by atoms with Crippen molar-refractivity contribution in [1.82, 2.24) is 9.80 Å². The average Bonchev–Trinajstić information content (AvgIpc) is 2.79. The number of piperazine rings is 1. The van der Waals surface area contributed by atoms with Gasteiger partial charge in [0.2, 0.25) is 0 Å². The van der Waals surface area contributed by atoms with Gasteiger partial charge in [-0.2, -0.15) is 0 Å². The first-order chi connectivity index (χ1) is 15.0. The third-order valence-electron chi connectivity index (χ3n) is 6.26. The summed E-state index contributed by atoms with van der Waals surface area (Å²) in [6.45, 7) is 8.78. The zero-order valence-electron chi connectivity index (χ0n) is 18.8. The third-order valence-corrected chi connectivity index (χ3v) is 6.26. The molecule has 0 saturated carbocycles. The molecule has 3 rings (SSSR count). The molecular weight excluding hydrogens is 396 g/mol. The molecule has 2 aliphatic rings. The largest absolute Gasteiger partial charge is 0.490 e. The fourth-order valence-corrected chi connectivity index (χ4v) is 4.41. The van der Waals surface area contributed by atoms with E-state index in [1.165, 1.54) is 13.3 Å². The van der Waals surface area contributed by atoms with Gasteiger partial charge in [-0.25, -0.2) is 0 Å². The van der Waals surface area contributed by atoms with E-state index in [9.17, 15) is 10.1 Å². The van der Waals surface area contributed by atoms with E-state index in [4.69, 9.17) is 10.5 Å². The van der Waals surface area contributed by atoms with Crippen molar-refractivity contribution >= 4 is 23.2 Å². The first kappa shape index (κ1) is 23.0. The molecule has 0 radical (unpaired) electrons. The van der Waals surface area contributed by atoms with Crippen LogP contribution in [-0.2, 0) is 0 Å². The molecule has 31 heavy (non-hydrogen) atoms. The molecule has 0 unspecified atom stereocenters. The molecule has 1 aromatic rings. The minimum absolute atomic E-state index is 0.0715. The van der Waals surface area contributed by atoms with Gasteiger partial charge in [0.25, 0.3) is 0 Å². The van der Waals surface area contributed by atoms with Crippen LogP contribution in [0.25, 0.3) is 5.57 Å². The number of rotatable bonds is 7. The highest BCUT2D eigenvalue weighted by atomic mass is 16.6. The maximum Gasteiger partial charge on any atom is 0.311 e. The summed E-state index contributed by atoms with van der Waals surface area (Å²) in [7, 11) is 3.64. The Kier molecular flexibility index (Phi) is 7.86. The molecule has 0 spiro atoms. The van der Waals surface area contributed by atoms with E-state index in [0.29, 0.717) is 23.7 Å². The Labute approximate surface area is 184 Å². The smallest absolute Gasteiger partial charge is 0.311 e. The SMILES string of the molecule is CCN=CC(=CN)c1cc([N+](=O)[O-])c(OC)cc1N1CCC(N2CCN(C)CC2)CC1. The summed E-state index contributed by atoms with van der Waals surface area (Å²) in [5.41, 5.74) is 8.10. The molecule has 2 N–H and O–H groups in total. The highest BCUT2D eigenvalue weighted by Gasteiger charge is 2.29. The van der Waals surface area contributed by atoms with Crippen molar-refractivity contribution in [3.8, 4) is 5.75 Å². The van der Waals surface area contributed by atoms with Crippen molar-refractivity contribution in [3.05, 3.63) is 34.0 Å². The van der Waals surface area contributed by atoms with Crippen LogP contribution in [0.1, 0.15) is 25.3 Å². The summed E-state index contributed by atoms with van der Waals surface area (Å²) in [5.74, 6) is 0.258. The Morgan fingerprint density at radius 3 is 2.48 bits per heavy atom. The maximum atomic E-state index is 11.6. The molecule has 0 aliphatic carbocycles. The van der Waals surface area contributed by atoms with Gasteiger partial charge in [0.15, 0.2) is 5.75 Å². The molecule has 1 aromatic carbocycles. The number of nitrogens with zero attached hydrogens (tertiary/aromatic N) is 5. The number of benzene rings is 1. The topological polar surface area (TPSA) is 100 Å². The lowest BCUT2D eigenvalue weighted by Gasteiger charge is -2.43. The second-order valence-electron chi connectivity index (χ2n) is 8.11. The van der Waals surface area contributed by atoms with Crippen LogP contribution in [0.15, 0.2) is 23.3 Å². The lowest BCUT2D eigenvalue weighted by molar-refractivity contribution is -0.385. The zero-order chi connectivity index (χ0) is 22.4. The van der Waals surface area contributed by atoms with Crippen molar-refractivity contribution in [2.24, 2.45) is 10.7 Å². The van der Waals surface area contributed by atoms with E-state index in [1.54, 1.807) is 18.3 Å². The van der Waals surface area contributed by atoms with Gasteiger partial charge in [-0.05, 0) is 26.8 Å². The van der Waals surface area contributed by atoms with Crippen molar-refractivity contribution in [2.45, 2.75) is 25.8 Å². The molecule has 2 saturated heterocycles. The van der Waals surface area contributed by atoms with Gasteiger partial charge in [0.05, 0.1) is 12.0 Å². The fraction of sp³-hybridized carbons (Fsp3) is 0.591. The standard InChI is InChI=1S/C22H34N6O3/c1-4-24-16-17(15-23)19-13-21(28(29)30)22(31-3)14-20(19)27-7-5-18(6-8-27)26-11-9-25(2)10-12-26/h13-16,18H,4-12,23H2,1-3H3. The molecule has 0 bridgehead atoms. The summed E-state index contributed by atoms with van der Waals surface area (Å²) >= 11 is 0. The van der Waals surface area contributed by atoms with Crippen LogP contribution >= 0.6 is 0 Å². The number of likely N-dealkylation sites (N-methyl/N-ethyl adjacent to an activating group) is 1. The van der Waals surface area contributed by atoms with Crippen molar-refractivity contribution in [3.63, 3.8) is 0 Å². The molecule has 170 valence electrons. The van der Waals surface area contributed by atoms with E-state index in [0.717, 1.165) is 57.8 Å². The number of aliphatic imine (C=N–C) groups is 1. The highest BCUT2D eigenvalue weighted by molar-refractivity contribution is 6.12. The Morgan fingerprint density at radius 2 is 1.94 bits per heavy atom. The predicted octanol–water partition coefficient (Wildman–Crippen LogP) is 2.21. The van der Waals surface area contributed by atoms with Crippen molar-refractivity contribution < 1.29 is 9.66 Å². The number of allylic oxidation sites excluding steroid dienone is 1. The van der Waals surface area contributed by atoms with Crippen LogP contribution in [0.3, 0.4) is 0 Å². The summed E-state index contributed by atoms with van der Waals surface area (Å²) in [6, 6.07) is 3.91. The van der Waals surface area contributed by atoms with Gasteiger partial charge in [-0.1, -0.05) is 0 Å². The summed E-state index contributed by atoms with van der Waals surface area (Å²) in [4.78, 5) is 22.8. The van der Waals surface area contributed by atoms with Gasteiger partial charge < -0.3 is 20.3 Å². The normalized spacial score (nSPS) is 19.8. The van der Waals surface area contributed by atoms with E-state index in [2.05, 4.69) is 26.7 Å². The minimum Gasteiger partial charge on any atom is -0.490 e. The predicted molar refractivity (Wildman–Crippen MR) is 125 cm³/mol. The van der Waals surface area contributed by atoms with Crippen molar-refractivity contribution in [2.75, 3.05) is 64.9 Å². The summed E-state index contributed by atoms with van der Waals surface area (Å²) in [5, 5.41) is 11.6. The maximum absolute atomic E-state index is 11.6. The number of methoxy groups -OCH3 is 1. The second kappa shape index (κ2) is 10.6. The molecule has 2 fully saturated rings. The summed E-state index contributed by atoms with van der Waals surface area (Å²) < 4.78 is 5.35. The molecule has 9 nitrogen and oxygen atoms in total. The molecule has 0 aromatic heterocycles. The number of hydrogen-bond acceptors (Lipinski definition) is 8. The quantitative estimate of drug-likeness (QED) is 0.402. The van der Waals surface area contributed by atoms with Gasteiger partial charge in [-0.15, -0.1) is 0 Å². The van der Waals surface area contributed by atoms with Crippen LogP contribution in [0.2, 0.25) is 0 Å². The molecular formula is C22H34N6O3. The van der Waals surface area contributed by atoms with E-state index < -0.39 is 4.92 Å². The minimum atomic E-state index is -0.420. The van der Waals surface area contributed by atoms with Gasteiger partial charge in [0.1, 0.15) is 0 Å². The number of nitro groups is 1. The fourth-order valence-electron chi connectivity index (χ4n) is 4.41. The number of anilines is 1. The number of nitrogens with two attached hydrogens (primary N) is 1. The zero-order valence-corrected chi connectivity index (χ0v) is 18.8. The van der Waals surface area contributed by atoms with Crippen LogP contribution in [0, 0.1) is 10.1 Å². The number of piperidine rings is 1. The number of ether oxygens (including phenoxy) is 1. The molecule has 0 atom stereocenters. The van der Waals surface area contributed by atoms with E-state index in [-0.39, 0.29) is 11.4 Å². The average molecular weight is 431 g/mol. The third kappa shape index (κ3) is 5.34. The highest BCUT2D eigenvalue weighted by Crippen LogP contribution is 2.39. The van der Waals surface area contributed by atoms with Crippen LogP contribution < -0.4 is 15.4 Å². The van der Waals surface area contributed by atoms with Gasteiger partial charge >= 0.3 is 5.69 Å². The van der Waals surface area contributed by atoms with E-state index in [1.807, 2.05) is 6.92 Å². The second-order valence-corrected chi connectivity index (χ2v) is 8.11. The van der Waals surface area contributed by atoms with Gasteiger partial charge in [-0.3, -0.25) is 20.0 Å². The Balaban J connectivity index is 1.87. The Morgan fingerprint density at radius 1 is 1.26 bits per heavy atom. The monoisotopic (exact) mass is 430 g/mol. The molecule has 9 heteroatoms. The first-order valence-corrected chi connectivity index (χ1v) is 10.9. The number of nitro benzene ring substituents is 1. The Hall–Kier alpha value is -2.65. The summed E-state index contributed by atoms with van der Waals surface area (Å²) in [6.07, 6.45) is 5.28. The first-order valence-electron chi connectivity index (χ1n) is 10.9. The van der Waals surface area contributed by atoms with Crippen LogP contribution in [0.4, 0.5) is 11.4 Å².